The number of likely N-dealkylation sites (tertiary alicyclic amines) is 1. The van der Waals surface area contributed by atoms with Gasteiger partial charge in [0.15, 0.2) is 0 Å². The van der Waals surface area contributed by atoms with Gasteiger partial charge in [-0.3, -0.25) is 9.80 Å². The fraction of sp³-hybridized carbons (Fsp3) is 0.647. The molecule has 0 radical (unpaired) electrons. The molecule has 0 aromatic heterocycles. The molecule has 2 heterocycles. The highest BCUT2D eigenvalue weighted by Gasteiger charge is 2.34. The van der Waals surface area contributed by atoms with Crippen molar-refractivity contribution >= 4 is 0 Å². The van der Waals surface area contributed by atoms with E-state index >= 15 is 0 Å². The summed E-state index contributed by atoms with van der Waals surface area (Å²) in [6, 6.07) is 9.71. The summed E-state index contributed by atoms with van der Waals surface area (Å²) in [5.74, 6) is 0.887. The lowest BCUT2D eigenvalue weighted by Crippen LogP contribution is -2.39. The van der Waals surface area contributed by atoms with E-state index in [9.17, 15) is 0 Å². The molecule has 0 aliphatic carbocycles. The first kappa shape index (κ1) is 14.8. The molecule has 2 fully saturated rings. The number of hydrogen-bond acceptors (Lipinski definition) is 4. The van der Waals surface area contributed by atoms with Gasteiger partial charge in [-0.2, -0.15) is 0 Å². The van der Waals surface area contributed by atoms with Crippen molar-refractivity contribution in [3.8, 4) is 5.75 Å². The molecule has 4 heteroatoms. The molecule has 2 bridgehead atoms. The maximum atomic E-state index is 6.42. The zero-order valence-corrected chi connectivity index (χ0v) is 13.2. The van der Waals surface area contributed by atoms with Gasteiger partial charge >= 0.3 is 0 Å². The Morgan fingerprint density at radius 1 is 1.29 bits per heavy atom. The van der Waals surface area contributed by atoms with Gasteiger partial charge in [-0.25, -0.2) is 0 Å². The molecule has 3 rings (SSSR count). The number of ether oxygens (including phenoxy) is 1. The highest BCUT2D eigenvalue weighted by molar-refractivity contribution is 5.30. The Kier molecular flexibility index (Phi) is 4.48. The van der Waals surface area contributed by atoms with Crippen molar-refractivity contribution in [2.45, 2.75) is 37.4 Å². The van der Waals surface area contributed by atoms with Gasteiger partial charge in [-0.05, 0) is 50.6 Å². The van der Waals surface area contributed by atoms with Gasteiger partial charge in [-0.1, -0.05) is 12.1 Å². The second-order valence-electron chi connectivity index (χ2n) is 6.48. The van der Waals surface area contributed by atoms with E-state index in [1.165, 1.54) is 25.8 Å². The van der Waals surface area contributed by atoms with Crippen LogP contribution in [0.2, 0.25) is 0 Å². The summed E-state index contributed by atoms with van der Waals surface area (Å²) >= 11 is 0. The Bertz CT molecular complexity index is 479. The Morgan fingerprint density at radius 2 is 2.10 bits per heavy atom. The molecule has 4 nitrogen and oxygen atoms in total. The van der Waals surface area contributed by atoms with Crippen molar-refractivity contribution in [1.82, 2.24) is 9.80 Å². The van der Waals surface area contributed by atoms with Crippen molar-refractivity contribution in [3.05, 3.63) is 29.8 Å². The Labute approximate surface area is 127 Å². The molecule has 3 atom stereocenters. The maximum Gasteiger partial charge on any atom is 0.119 e. The summed E-state index contributed by atoms with van der Waals surface area (Å²) in [6.45, 7) is 3.26. The minimum atomic E-state index is 0.0574. The average molecular weight is 289 g/mol. The highest BCUT2D eigenvalue weighted by Crippen LogP contribution is 2.29. The molecule has 2 aliphatic heterocycles. The largest absolute Gasteiger partial charge is 0.497 e. The van der Waals surface area contributed by atoms with Crippen LogP contribution in [0.1, 0.15) is 30.9 Å². The summed E-state index contributed by atoms with van der Waals surface area (Å²) in [5.41, 5.74) is 7.59. The minimum Gasteiger partial charge on any atom is -0.497 e. The summed E-state index contributed by atoms with van der Waals surface area (Å²) in [7, 11) is 3.99. The van der Waals surface area contributed by atoms with Crippen LogP contribution in [0.25, 0.3) is 0 Å². The van der Waals surface area contributed by atoms with Crippen molar-refractivity contribution in [2.75, 3.05) is 33.8 Å². The zero-order valence-electron chi connectivity index (χ0n) is 13.2. The first-order valence-electron chi connectivity index (χ1n) is 8.01. The lowest BCUT2D eigenvalue weighted by molar-refractivity contribution is 0.212. The molecule has 2 N–H and O–H groups in total. The van der Waals surface area contributed by atoms with Crippen molar-refractivity contribution in [2.24, 2.45) is 5.73 Å². The number of nitrogens with zero attached hydrogens (tertiary/aromatic N) is 2. The Balaban J connectivity index is 1.63. The zero-order chi connectivity index (χ0) is 14.8. The number of likely N-dealkylation sites (N-methyl/N-ethyl adjacent to an activating group) is 1. The lowest BCUT2D eigenvalue weighted by atomic mass is 10.0. The highest BCUT2D eigenvalue weighted by atomic mass is 16.5. The molecular formula is C17H27N3O. The molecular weight excluding hydrogens is 262 g/mol. The number of methoxy groups -OCH3 is 1. The topological polar surface area (TPSA) is 41.7 Å². The molecule has 116 valence electrons. The van der Waals surface area contributed by atoms with Crippen LogP contribution in [0.3, 0.4) is 0 Å². The first-order valence-corrected chi connectivity index (χ1v) is 8.01. The predicted molar refractivity (Wildman–Crippen MR) is 85.6 cm³/mol. The summed E-state index contributed by atoms with van der Waals surface area (Å²) in [5, 5.41) is 0. The Hall–Kier alpha value is -1.10. The molecule has 21 heavy (non-hydrogen) atoms. The van der Waals surface area contributed by atoms with E-state index in [-0.39, 0.29) is 6.04 Å². The maximum absolute atomic E-state index is 6.42. The van der Waals surface area contributed by atoms with E-state index in [1.807, 2.05) is 12.1 Å². The lowest BCUT2D eigenvalue weighted by Gasteiger charge is -2.28. The van der Waals surface area contributed by atoms with E-state index < -0.39 is 0 Å². The molecule has 2 aliphatic rings. The van der Waals surface area contributed by atoms with Gasteiger partial charge in [0, 0.05) is 31.2 Å². The molecule has 1 aromatic carbocycles. The smallest absolute Gasteiger partial charge is 0.119 e. The monoisotopic (exact) mass is 289 g/mol. The third-order valence-electron chi connectivity index (χ3n) is 5.21. The second kappa shape index (κ2) is 6.34. The van der Waals surface area contributed by atoms with E-state index in [4.69, 9.17) is 10.5 Å². The van der Waals surface area contributed by atoms with Gasteiger partial charge in [0.1, 0.15) is 5.75 Å². The molecule has 2 saturated heterocycles. The van der Waals surface area contributed by atoms with Gasteiger partial charge in [0.05, 0.1) is 7.11 Å². The van der Waals surface area contributed by atoms with E-state index in [0.717, 1.165) is 36.5 Å². The van der Waals surface area contributed by atoms with Crippen LogP contribution >= 0.6 is 0 Å². The summed E-state index contributed by atoms with van der Waals surface area (Å²) in [4.78, 5) is 5.13. The molecule has 3 unspecified atom stereocenters. The summed E-state index contributed by atoms with van der Waals surface area (Å²) < 4.78 is 5.29. The Morgan fingerprint density at radius 3 is 2.90 bits per heavy atom. The number of nitrogens with two attached hydrogens (primary N) is 1. The van der Waals surface area contributed by atoms with Gasteiger partial charge in [-0.15, -0.1) is 0 Å². The van der Waals surface area contributed by atoms with Crippen LogP contribution in [0.5, 0.6) is 5.75 Å². The van der Waals surface area contributed by atoms with Gasteiger partial charge in [0.25, 0.3) is 0 Å². The third-order valence-corrected chi connectivity index (χ3v) is 5.21. The van der Waals surface area contributed by atoms with E-state index in [1.54, 1.807) is 7.11 Å². The van der Waals surface area contributed by atoms with Crippen LogP contribution in [0, 0.1) is 0 Å². The van der Waals surface area contributed by atoms with Crippen LogP contribution in [-0.4, -0.2) is 55.7 Å². The molecule has 0 amide bonds. The molecule has 0 spiro atoms. The number of benzene rings is 1. The van der Waals surface area contributed by atoms with Crippen LogP contribution < -0.4 is 10.5 Å². The van der Waals surface area contributed by atoms with Crippen molar-refractivity contribution in [1.29, 1.82) is 0 Å². The van der Waals surface area contributed by atoms with Crippen LogP contribution in [0.4, 0.5) is 0 Å². The van der Waals surface area contributed by atoms with Gasteiger partial charge < -0.3 is 10.5 Å². The molecule has 0 saturated carbocycles. The van der Waals surface area contributed by atoms with Crippen LogP contribution in [-0.2, 0) is 0 Å². The number of hydrogen-bond donors (Lipinski definition) is 1. The number of fused-ring (bicyclic) bond motifs is 2. The minimum absolute atomic E-state index is 0.0574. The number of rotatable bonds is 4. The quantitative estimate of drug-likeness (QED) is 0.919. The van der Waals surface area contributed by atoms with Gasteiger partial charge in [0.2, 0.25) is 0 Å². The van der Waals surface area contributed by atoms with E-state index in [0.29, 0.717) is 0 Å². The third kappa shape index (κ3) is 3.23. The first-order chi connectivity index (χ1) is 10.2. The summed E-state index contributed by atoms with van der Waals surface area (Å²) in [6.07, 6.45) is 3.99. The van der Waals surface area contributed by atoms with Crippen molar-refractivity contribution < 1.29 is 4.74 Å². The SMILES string of the molecule is COc1cccc(C(N)CN2CCC3CCC(C2)N3C)c1. The standard InChI is InChI=1S/C17H27N3O/c1-19-14-6-7-15(19)11-20(9-8-14)12-17(18)13-4-3-5-16(10-13)21-2/h3-5,10,14-15,17H,6-9,11-12,18H2,1-2H3. The molecule has 1 aromatic rings. The van der Waals surface area contributed by atoms with E-state index in [2.05, 4.69) is 29.0 Å². The fourth-order valence-corrected chi connectivity index (χ4v) is 3.80. The predicted octanol–water partition coefficient (Wildman–Crippen LogP) is 1.86. The van der Waals surface area contributed by atoms with Crippen molar-refractivity contribution in [3.63, 3.8) is 0 Å². The fourth-order valence-electron chi connectivity index (χ4n) is 3.80. The van der Waals surface area contributed by atoms with Crippen LogP contribution in [0.15, 0.2) is 24.3 Å². The normalized spacial score (nSPS) is 28.3. The second-order valence-corrected chi connectivity index (χ2v) is 6.48. The average Bonchev–Trinajstić information content (AvgIpc) is 2.75.